The average molecular weight is 639 g/mol. The molecule has 7 rings (SSSR count). The zero-order valence-corrected chi connectivity index (χ0v) is 27.2. The molecule has 4 aromatic heterocycles. The number of H-pyrrole nitrogens is 1. The van der Waals surface area contributed by atoms with Gasteiger partial charge in [0.25, 0.3) is 0 Å². The van der Waals surface area contributed by atoms with E-state index >= 15 is 0 Å². The number of halogens is 1. The molecule has 0 radical (unpaired) electrons. The third kappa shape index (κ3) is 4.55. The van der Waals surface area contributed by atoms with Crippen LogP contribution in [0, 0.1) is 13.8 Å². The fourth-order valence-corrected chi connectivity index (χ4v) is 7.17. The number of amides is 1. The topological polar surface area (TPSA) is 122 Å². The first-order chi connectivity index (χ1) is 22.1. The Labute approximate surface area is 270 Å². The molecule has 0 saturated carbocycles. The summed E-state index contributed by atoms with van der Waals surface area (Å²) in [6.07, 6.45) is 5.44. The summed E-state index contributed by atoms with van der Waals surface area (Å²) in [6.45, 7) is 15.0. The maximum Gasteiger partial charge on any atom is 0.355 e. The van der Waals surface area contributed by atoms with Crippen LogP contribution in [0.4, 0.5) is 5.82 Å². The Morgan fingerprint density at radius 3 is 2.74 bits per heavy atom. The minimum atomic E-state index is -0.484. The average Bonchev–Trinajstić information content (AvgIpc) is 3.50. The van der Waals surface area contributed by atoms with Gasteiger partial charge in [-0.3, -0.25) is 14.9 Å². The monoisotopic (exact) mass is 638 g/mol. The Kier molecular flexibility index (Phi) is 7.31. The van der Waals surface area contributed by atoms with Crippen molar-refractivity contribution in [3.63, 3.8) is 0 Å². The SMILES string of the molecule is C=CC(=O)N1CC2CCOc3c(Cl)c(-c4c(C)ccc5[nH]ncc45)nc4c3c(nc(=O)n4-c3c(C)ccnc3C(C)C)N2CC1C. The molecule has 2 aliphatic rings. The highest BCUT2D eigenvalue weighted by Gasteiger charge is 2.38. The summed E-state index contributed by atoms with van der Waals surface area (Å²) in [5, 5.41) is 9.04. The number of aromatic amines is 1. The number of aromatic nitrogens is 6. The third-order valence-corrected chi connectivity index (χ3v) is 9.52. The van der Waals surface area contributed by atoms with Gasteiger partial charge in [-0.05, 0) is 56.0 Å². The summed E-state index contributed by atoms with van der Waals surface area (Å²) < 4.78 is 8.11. The number of ether oxygens (including phenoxy) is 1. The molecule has 1 aromatic carbocycles. The highest BCUT2D eigenvalue weighted by Crippen LogP contribution is 2.46. The smallest absolute Gasteiger partial charge is 0.355 e. The van der Waals surface area contributed by atoms with Gasteiger partial charge in [-0.25, -0.2) is 14.3 Å². The molecular weight excluding hydrogens is 604 g/mol. The Bertz CT molecular complexity index is 2120. The van der Waals surface area contributed by atoms with Crippen molar-refractivity contribution in [2.45, 2.75) is 59.0 Å². The number of piperazine rings is 1. The van der Waals surface area contributed by atoms with Crippen molar-refractivity contribution < 1.29 is 9.53 Å². The molecule has 1 N–H and O–H groups in total. The van der Waals surface area contributed by atoms with Crippen LogP contribution in [0.3, 0.4) is 0 Å². The van der Waals surface area contributed by atoms with E-state index in [1.807, 2.05) is 57.7 Å². The largest absolute Gasteiger partial charge is 0.491 e. The molecule has 2 aliphatic heterocycles. The molecule has 0 bridgehead atoms. The van der Waals surface area contributed by atoms with Gasteiger partial charge < -0.3 is 14.5 Å². The number of aryl methyl sites for hydroxylation is 2. The van der Waals surface area contributed by atoms with E-state index in [0.29, 0.717) is 65.1 Å². The molecule has 2 atom stereocenters. The number of hydrogen-bond acceptors (Lipinski definition) is 8. The summed E-state index contributed by atoms with van der Waals surface area (Å²) in [4.78, 5) is 45.8. The van der Waals surface area contributed by atoms with Gasteiger partial charge >= 0.3 is 5.69 Å². The lowest BCUT2D eigenvalue weighted by Gasteiger charge is -2.46. The summed E-state index contributed by atoms with van der Waals surface area (Å²) in [5.74, 6) is 0.748. The maximum absolute atomic E-state index is 14.4. The molecule has 1 fully saturated rings. The zero-order valence-electron chi connectivity index (χ0n) is 26.5. The lowest BCUT2D eigenvalue weighted by atomic mass is 9.99. The number of carbonyl (C=O) groups excluding carboxylic acids is 1. The number of fused-ring (bicyclic) bond motifs is 3. The summed E-state index contributed by atoms with van der Waals surface area (Å²) in [7, 11) is 0. The Balaban J connectivity index is 1.60. The number of pyridine rings is 2. The molecule has 5 aromatic rings. The molecule has 236 valence electrons. The van der Waals surface area contributed by atoms with E-state index in [0.717, 1.165) is 33.3 Å². The van der Waals surface area contributed by atoms with Crippen LogP contribution in [0.15, 0.2) is 48.0 Å². The van der Waals surface area contributed by atoms with Crippen molar-refractivity contribution in [1.82, 2.24) is 34.6 Å². The Hall–Kier alpha value is -4.77. The third-order valence-electron chi connectivity index (χ3n) is 9.17. The number of nitrogens with one attached hydrogen (secondary N) is 1. The summed E-state index contributed by atoms with van der Waals surface area (Å²) in [5.41, 5.74) is 5.21. The molecule has 0 aliphatic carbocycles. The van der Waals surface area contributed by atoms with Crippen molar-refractivity contribution in [3.05, 3.63) is 75.6 Å². The number of hydrogen-bond donors (Lipinski definition) is 1. The van der Waals surface area contributed by atoms with E-state index in [1.165, 1.54) is 6.08 Å². The van der Waals surface area contributed by atoms with E-state index in [-0.39, 0.29) is 23.9 Å². The second-order valence-electron chi connectivity index (χ2n) is 12.4. The zero-order chi connectivity index (χ0) is 32.4. The van der Waals surface area contributed by atoms with Gasteiger partial charge in [-0.1, -0.05) is 38.1 Å². The van der Waals surface area contributed by atoms with Crippen molar-refractivity contribution in [3.8, 4) is 22.7 Å². The number of anilines is 1. The van der Waals surface area contributed by atoms with Crippen LogP contribution in [-0.2, 0) is 4.79 Å². The van der Waals surface area contributed by atoms with Gasteiger partial charge in [0, 0.05) is 42.7 Å². The highest BCUT2D eigenvalue weighted by molar-refractivity contribution is 6.36. The lowest BCUT2D eigenvalue weighted by Crippen LogP contribution is -2.60. The van der Waals surface area contributed by atoms with Gasteiger partial charge in [-0.15, -0.1) is 0 Å². The van der Waals surface area contributed by atoms with Crippen LogP contribution in [0.2, 0.25) is 5.02 Å². The van der Waals surface area contributed by atoms with Crippen molar-refractivity contribution in [2.75, 3.05) is 24.6 Å². The standard InChI is InChI=1S/C34H35ClN8O3/c1-7-24(44)41-16-21-11-13-46-31-26-32(42(21)15-20(41)6)39-34(45)43(30-19(5)10-12-36-28(30)17(2)3)33(26)38-29(27(31)35)25-18(4)8-9-23-22(25)14-37-40-23/h7-10,12,14,17,20-21H,1,11,13,15-16H2,2-6H3,(H,37,40). The Morgan fingerprint density at radius 2 is 1.98 bits per heavy atom. The highest BCUT2D eigenvalue weighted by atomic mass is 35.5. The van der Waals surface area contributed by atoms with Crippen LogP contribution in [0.1, 0.15) is 49.9 Å². The normalized spacial score (nSPS) is 18.0. The van der Waals surface area contributed by atoms with Crippen LogP contribution >= 0.6 is 11.6 Å². The fourth-order valence-electron chi connectivity index (χ4n) is 6.88. The van der Waals surface area contributed by atoms with Crippen LogP contribution in [0.25, 0.3) is 38.9 Å². The molecule has 12 heteroatoms. The predicted molar refractivity (Wildman–Crippen MR) is 179 cm³/mol. The summed E-state index contributed by atoms with van der Waals surface area (Å²) in [6, 6.07) is 5.54. The van der Waals surface area contributed by atoms with E-state index in [9.17, 15) is 9.59 Å². The van der Waals surface area contributed by atoms with E-state index < -0.39 is 5.69 Å². The second kappa shape index (κ2) is 11.2. The fraction of sp³-hybridized carbons (Fsp3) is 0.353. The first-order valence-electron chi connectivity index (χ1n) is 15.5. The molecular formula is C34H35ClN8O3. The van der Waals surface area contributed by atoms with Gasteiger partial charge in [0.15, 0.2) is 11.4 Å². The molecule has 2 unspecified atom stereocenters. The molecule has 11 nitrogen and oxygen atoms in total. The number of nitrogens with zero attached hydrogens (tertiary/aromatic N) is 7. The number of benzene rings is 1. The Morgan fingerprint density at radius 1 is 1.17 bits per heavy atom. The first-order valence-corrected chi connectivity index (χ1v) is 15.9. The predicted octanol–water partition coefficient (Wildman–Crippen LogP) is 5.49. The van der Waals surface area contributed by atoms with Crippen molar-refractivity contribution in [2.24, 2.45) is 0 Å². The van der Waals surface area contributed by atoms with Gasteiger partial charge in [0.05, 0.1) is 41.4 Å². The van der Waals surface area contributed by atoms with Gasteiger partial charge in [0.1, 0.15) is 16.2 Å². The molecule has 6 heterocycles. The van der Waals surface area contributed by atoms with Crippen molar-refractivity contribution in [1.29, 1.82) is 0 Å². The van der Waals surface area contributed by atoms with Gasteiger partial charge in [-0.2, -0.15) is 10.1 Å². The molecule has 46 heavy (non-hydrogen) atoms. The van der Waals surface area contributed by atoms with Crippen molar-refractivity contribution >= 4 is 45.3 Å². The molecule has 1 amide bonds. The second-order valence-corrected chi connectivity index (χ2v) is 12.8. The van der Waals surface area contributed by atoms with E-state index in [1.54, 1.807) is 17.0 Å². The first kappa shape index (κ1) is 29.9. The van der Waals surface area contributed by atoms with Crippen LogP contribution < -0.4 is 15.3 Å². The minimum absolute atomic E-state index is 0.0144. The summed E-state index contributed by atoms with van der Waals surface area (Å²) >= 11 is 7.30. The van der Waals surface area contributed by atoms with E-state index in [2.05, 4.69) is 26.7 Å². The van der Waals surface area contributed by atoms with E-state index in [4.69, 9.17) is 26.3 Å². The maximum atomic E-state index is 14.4. The number of rotatable bonds is 4. The minimum Gasteiger partial charge on any atom is -0.491 e. The number of carbonyl (C=O) groups is 1. The molecule has 1 saturated heterocycles. The van der Waals surface area contributed by atoms with Crippen LogP contribution in [0.5, 0.6) is 5.75 Å². The molecule has 0 spiro atoms. The quantitative estimate of drug-likeness (QED) is 0.257. The van der Waals surface area contributed by atoms with Gasteiger partial charge in [0.2, 0.25) is 5.91 Å². The van der Waals surface area contributed by atoms with Crippen LogP contribution in [-0.4, -0.2) is 72.3 Å². The lowest BCUT2D eigenvalue weighted by molar-refractivity contribution is -0.129.